The fourth-order valence-electron chi connectivity index (χ4n) is 2.57. The maximum absolute atomic E-state index is 12.1. The molecule has 0 aliphatic rings. The molecule has 0 aliphatic carbocycles. The fourth-order valence-corrected chi connectivity index (χ4v) is 2.89. The molecule has 5 nitrogen and oxygen atoms in total. The summed E-state index contributed by atoms with van der Waals surface area (Å²) in [6, 6.07) is 10.6. The second-order valence-electron chi connectivity index (χ2n) is 5.90. The number of carbonyl (C=O) groups is 2. The zero-order valence-electron chi connectivity index (χ0n) is 15.2. The normalized spacial score (nSPS) is 10.4. The number of esters is 1. The van der Waals surface area contributed by atoms with E-state index in [0.717, 1.165) is 17.5 Å². The Balaban J connectivity index is 1.84. The molecule has 0 heterocycles. The van der Waals surface area contributed by atoms with Crippen LogP contribution in [-0.4, -0.2) is 26.1 Å². The van der Waals surface area contributed by atoms with E-state index < -0.39 is 5.97 Å². The zero-order valence-corrected chi connectivity index (χ0v) is 16.7. The largest absolute Gasteiger partial charge is 0.496 e. The van der Waals surface area contributed by atoms with Crippen molar-refractivity contribution in [2.24, 2.45) is 0 Å². The van der Waals surface area contributed by atoms with Crippen molar-refractivity contribution in [3.63, 3.8) is 0 Å². The first kappa shape index (κ1) is 21.1. The molecule has 0 atom stereocenters. The molecule has 1 amide bonds. The first-order valence-corrected chi connectivity index (χ1v) is 9.16. The number of carbonyl (C=O) groups excluding carboxylic acids is 2. The average molecular weight is 410 g/mol. The van der Waals surface area contributed by atoms with Crippen LogP contribution < -0.4 is 10.1 Å². The topological polar surface area (TPSA) is 64.6 Å². The average Bonchev–Trinajstić information content (AvgIpc) is 2.68. The predicted octanol–water partition coefficient (Wildman–Crippen LogP) is 4.43. The van der Waals surface area contributed by atoms with Crippen LogP contribution in [0, 0.1) is 0 Å². The van der Waals surface area contributed by atoms with Gasteiger partial charge in [-0.25, -0.2) is 4.79 Å². The van der Waals surface area contributed by atoms with Crippen LogP contribution in [0.3, 0.4) is 0 Å². The number of nitrogens with one attached hydrogen (secondary N) is 1. The molecule has 27 heavy (non-hydrogen) atoms. The van der Waals surface area contributed by atoms with Crippen LogP contribution in [0.1, 0.15) is 34.3 Å². The molecule has 144 valence electrons. The summed E-state index contributed by atoms with van der Waals surface area (Å²) in [5.74, 6) is -0.120. The molecular formula is C20H21Cl2NO4. The lowest BCUT2D eigenvalue weighted by Gasteiger charge is -2.10. The van der Waals surface area contributed by atoms with Crippen LogP contribution in [-0.2, 0) is 22.5 Å². The van der Waals surface area contributed by atoms with Gasteiger partial charge in [0.1, 0.15) is 11.3 Å². The summed E-state index contributed by atoms with van der Waals surface area (Å²) in [6.07, 6.45) is 1.82. The Morgan fingerprint density at radius 3 is 2.41 bits per heavy atom. The molecule has 0 aliphatic heterocycles. The third-order valence-corrected chi connectivity index (χ3v) is 4.75. The van der Waals surface area contributed by atoms with Gasteiger partial charge in [-0.15, -0.1) is 0 Å². The smallest absolute Gasteiger partial charge is 0.341 e. The number of aryl methyl sites for hydroxylation is 1. The van der Waals surface area contributed by atoms with Crippen LogP contribution in [0.15, 0.2) is 36.4 Å². The molecule has 0 radical (unpaired) electrons. The van der Waals surface area contributed by atoms with Gasteiger partial charge >= 0.3 is 5.97 Å². The van der Waals surface area contributed by atoms with Gasteiger partial charge in [0.05, 0.1) is 24.3 Å². The van der Waals surface area contributed by atoms with E-state index in [4.69, 9.17) is 32.7 Å². The molecule has 0 aromatic heterocycles. The van der Waals surface area contributed by atoms with Crippen molar-refractivity contribution in [1.29, 1.82) is 0 Å². The number of benzene rings is 2. The Morgan fingerprint density at radius 1 is 1.00 bits per heavy atom. The molecule has 2 aromatic rings. The van der Waals surface area contributed by atoms with Gasteiger partial charge in [-0.1, -0.05) is 35.3 Å². The lowest BCUT2D eigenvalue weighted by Crippen LogP contribution is -2.22. The van der Waals surface area contributed by atoms with E-state index in [1.165, 1.54) is 14.2 Å². The second kappa shape index (κ2) is 10.2. The van der Waals surface area contributed by atoms with Gasteiger partial charge in [-0.3, -0.25) is 4.79 Å². The lowest BCUT2D eigenvalue weighted by atomic mass is 10.1. The molecular weight excluding hydrogens is 389 g/mol. The van der Waals surface area contributed by atoms with Crippen LogP contribution in [0.5, 0.6) is 5.75 Å². The van der Waals surface area contributed by atoms with Crippen molar-refractivity contribution >= 4 is 35.1 Å². The summed E-state index contributed by atoms with van der Waals surface area (Å²) >= 11 is 11.9. The Morgan fingerprint density at radius 2 is 1.74 bits per heavy atom. The van der Waals surface area contributed by atoms with E-state index in [1.807, 2.05) is 12.1 Å². The Labute approximate surface area is 168 Å². The zero-order chi connectivity index (χ0) is 19.8. The minimum absolute atomic E-state index is 0.0644. The number of rotatable bonds is 8. The van der Waals surface area contributed by atoms with Gasteiger partial charge in [-0.2, -0.15) is 0 Å². The Hall–Kier alpha value is -2.24. The second-order valence-corrected chi connectivity index (χ2v) is 6.72. The van der Waals surface area contributed by atoms with Crippen LogP contribution in [0.2, 0.25) is 10.0 Å². The van der Waals surface area contributed by atoms with Crippen molar-refractivity contribution in [2.75, 3.05) is 14.2 Å². The van der Waals surface area contributed by atoms with E-state index in [2.05, 4.69) is 5.32 Å². The minimum atomic E-state index is -0.485. The maximum Gasteiger partial charge on any atom is 0.341 e. The van der Waals surface area contributed by atoms with Crippen molar-refractivity contribution < 1.29 is 19.1 Å². The number of hydrogen-bond acceptors (Lipinski definition) is 4. The number of hydrogen-bond donors (Lipinski definition) is 1. The summed E-state index contributed by atoms with van der Waals surface area (Å²) in [5, 5.41) is 3.88. The number of halogens is 2. The summed E-state index contributed by atoms with van der Waals surface area (Å²) in [6.45, 7) is 0.319. The van der Waals surface area contributed by atoms with Gasteiger partial charge in [0.2, 0.25) is 5.91 Å². The number of methoxy groups -OCH3 is 2. The molecule has 0 bridgehead atoms. The van der Waals surface area contributed by atoms with Gasteiger partial charge in [0, 0.05) is 13.0 Å². The highest BCUT2D eigenvalue weighted by molar-refractivity contribution is 6.42. The van der Waals surface area contributed by atoms with Gasteiger partial charge in [0.25, 0.3) is 0 Å². The molecule has 1 N–H and O–H groups in total. The molecule has 0 saturated heterocycles. The molecule has 2 aromatic carbocycles. The molecule has 2 rings (SSSR count). The first-order chi connectivity index (χ1) is 12.9. The molecule has 7 heteroatoms. The summed E-state index contributed by atoms with van der Waals surface area (Å²) in [4.78, 5) is 23.8. The van der Waals surface area contributed by atoms with E-state index in [-0.39, 0.29) is 5.91 Å². The number of ether oxygens (including phenoxy) is 2. The molecule has 0 saturated carbocycles. The molecule has 0 spiro atoms. The molecule has 0 unspecified atom stereocenters. The van der Waals surface area contributed by atoms with Crippen LogP contribution >= 0.6 is 23.2 Å². The third-order valence-electron chi connectivity index (χ3n) is 4.01. The van der Waals surface area contributed by atoms with Crippen molar-refractivity contribution in [1.82, 2.24) is 5.32 Å². The Bertz CT molecular complexity index is 824. The minimum Gasteiger partial charge on any atom is -0.496 e. The van der Waals surface area contributed by atoms with E-state index in [0.29, 0.717) is 40.7 Å². The highest BCUT2D eigenvalue weighted by atomic mass is 35.5. The highest BCUT2D eigenvalue weighted by Crippen LogP contribution is 2.23. The van der Waals surface area contributed by atoms with Crippen LogP contribution in [0.25, 0.3) is 0 Å². The van der Waals surface area contributed by atoms with Gasteiger partial charge in [-0.05, 0) is 48.2 Å². The standard InChI is InChI=1S/C20H21Cl2NO4/c1-26-18-9-7-14(10-15(18)20(25)27-2)12-23-19(24)5-3-4-13-6-8-16(21)17(22)11-13/h6-11H,3-5,12H2,1-2H3,(H,23,24). The van der Waals surface area contributed by atoms with E-state index in [1.54, 1.807) is 24.3 Å². The van der Waals surface area contributed by atoms with Crippen molar-refractivity contribution in [3.05, 3.63) is 63.1 Å². The predicted molar refractivity (Wildman–Crippen MR) is 106 cm³/mol. The Kier molecular flexibility index (Phi) is 7.95. The summed E-state index contributed by atoms with van der Waals surface area (Å²) in [5.41, 5.74) is 2.15. The van der Waals surface area contributed by atoms with E-state index >= 15 is 0 Å². The van der Waals surface area contributed by atoms with Crippen molar-refractivity contribution in [3.8, 4) is 5.75 Å². The van der Waals surface area contributed by atoms with E-state index in [9.17, 15) is 9.59 Å². The first-order valence-electron chi connectivity index (χ1n) is 8.40. The van der Waals surface area contributed by atoms with Crippen LogP contribution in [0.4, 0.5) is 0 Å². The lowest BCUT2D eigenvalue weighted by molar-refractivity contribution is -0.121. The monoisotopic (exact) mass is 409 g/mol. The summed E-state index contributed by atoms with van der Waals surface area (Å²) < 4.78 is 9.90. The fraction of sp³-hybridized carbons (Fsp3) is 0.300. The van der Waals surface area contributed by atoms with Crippen molar-refractivity contribution in [2.45, 2.75) is 25.8 Å². The maximum atomic E-state index is 12.1. The SMILES string of the molecule is COC(=O)c1cc(CNC(=O)CCCc2ccc(Cl)c(Cl)c2)ccc1OC. The quantitative estimate of drug-likeness (QED) is 0.654. The van der Waals surface area contributed by atoms with Gasteiger partial charge < -0.3 is 14.8 Å². The summed E-state index contributed by atoms with van der Waals surface area (Å²) in [7, 11) is 2.79. The van der Waals surface area contributed by atoms with Gasteiger partial charge in [0.15, 0.2) is 0 Å². The highest BCUT2D eigenvalue weighted by Gasteiger charge is 2.13. The number of amides is 1. The molecule has 0 fully saturated rings. The third kappa shape index (κ3) is 6.15.